The molecule has 0 aliphatic heterocycles. The molecule has 6 heteroatoms. The third-order valence-corrected chi connectivity index (χ3v) is 4.30. The lowest BCUT2D eigenvalue weighted by atomic mass is 9.86. The second-order valence-corrected chi connectivity index (χ2v) is 7.32. The Labute approximate surface area is 136 Å². The number of carbonyl (C=O) groups excluding carboxylic acids is 1. The smallest absolute Gasteiger partial charge is 0.306 e. The number of hydrogen-bond donors (Lipinski definition) is 2. The highest BCUT2D eigenvalue weighted by atomic mass is 16.4. The number of carboxylic acids is 1. The third-order valence-electron chi connectivity index (χ3n) is 4.30. The molecule has 1 aliphatic rings. The quantitative estimate of drug-likeness (QED) is 0.869. The van der Waals surface area contributed by atoms with Crippen LogP contribution in [0.4, 0.5) is 0 Å². The molecule has 1 aromatic rings. The summed E-state index contributed by atoms with van der Waals surface area (Å²) in [6, 6.07) is 0.0906. The van der Waals surface area contributed by atoms with Crippen molar-refractivity contribution in [1.82, 2.24) is 10.3 Å². The van der Waals surface area contributed by atoms with Crippen LogP contribution in [0.2, 0.25) is 0 Å². The zero-order valence-corrected chi connectivity index (χ0v) is 14.1. The minimum absolute atomic E-state index is 0.0284. The van der Waals surface area contributed by atoms with Crippen molar-refractivity contribution < 1.29 is 19.1 Å². The fourth-order valence-corrected chi connectivity index (χ4v) is 2.78. The number of aromatic nitrogens is 1. The maximum atomic E-state index is 12.0. The Morgan fingerprint density at radius 1 is 1.30 bits per heavy atom. The second-order valence-electron chi connectivity index (χ2n) is 7.32. The summed E-state index contributed by atoms with van der Waals surface area (Å²) in [5, 5.41) is 12.0. The number of nitrogens with zero attached hydrogens (tertiary/aromatic N) is 1. The highest BCUT2D eigenvalue weighted by molar-refractivity contribution is 5.76. The van der Waals surface area contributed by atoms with E-state index < -0.39 is 5.97 Å². The summed E-state index contributed by atoms with van der Waals surface area (Å²) in [5.74, 6) is 0.387. The van der Waals surface area contributed by atoms with E-state index in [0.717, 1.165) is 18.6 Å². The Bertz CT molecular complexity index is 551. The molecule has 1 saturated carbocycles. The van der Waals surface area contributed by atoms with E-state index in [2.05, 4.69) is 31.1 Å². The van der Waals surface area contributed by atoms with Crippen molar-refractivity contribution in [3.63, 3.8) is 0 Å². The summed E-state index contributed by atoms with van der Waals surface area (Å²) in [6.07, 6.45) is 5.27. The van der Waals surface area contributed by atoms with Gasteiger partial charge in [0.15, 0.2) is 5.89 Å². The first kappa shape index (κ1) is 17.5. The molecule has 0 atom stereocenters. The third kappa shape index (κ3) is 5.08. The number of aryl methyl sites for hydroxylation is 1. The standard InChI is InChI=1S/C17H26N2O4/c1-17(2,3)13-10-18-15(23-13)9-8-14(20)19-12-6-4-11(5-7-12)16(21)22/h10-12H,4-9H2,1-3H3,(H,19,20)(H,21,22). The first-order valence-corrected chi connectivity index (χ1v) is 8.23. The van der Waals surface area contributed by atoms with Crippen LogP contribution in [-0.2, 0) is 21.4 Å². The van der Waals surface area contributed by atoms with Gasteiger partial charge in [-0.05, 0) is 25.7 Å². The molecule has 0 aromatic carbocycles. The van der Waals surface area contributed by atoms with Crippen molar-refractivity contribution in [2.45, 2.75) is 70.8 Å². The number of rotatable bonds is 5. The van der Waals surface area contributed by atoms with E-state index >= 15 is 0 Å². The maximum absolute atomic E-state index is 12.0. The van der Waals surface area contributed by atoms with E-state index in [1.165, 1.54) is 0 Å². The number of hydrogen-bond acceptors (Lipinski definition) is 4. The number of carbonyl (C=O) groups is 2. The van der Waals surface area contributed by atoms with Gasteiger partial charge in [0.2, 0.25) is 5.91 Å². The highest BCUT2D eigenvalue weighted by Crippen LogP contribution is 2.25. The fraction of sp³-hybridized carbons (Fsp3) is 0.706. The summed E-state index contributed by atoms with van der Waals surface area (Å²) in [6.45, 7) is 6.16. The summed E-state index contributed by atoms with van der Waals surface area (Å²) in [5.41, 5.74) is -0.0870. The van der Waals surface area contributed by atoms with Crippen molar-refractivity contribution in [2.75, 3.05) is 0 Å². The molecular weight excluding hydrogens is 296 g/mol. The molecule has 23 heavy (non-hydrogen) atoms. The van der Waals surface area contributed by atoms with Crippen LogP contribution in [0.15, 0.2) is 10.6 Å². The summed E-state index contributed by atoms with van der Waals surface area (Å²) in [7, 11) is 0. The fourth-order valence-electron chi connectivity index (χ4n) is 2.78. The van der Waals surface area contributed by atoms with Gasteiger partial charge in [-0.25, -0.2) is 4.98 Å². The van der Waals surface area contributed by atoms with Gasteiger partial charge >= 0.3 is 5.97 Å². The van der Waals surface area contributed by atoms with Crippen molar-refractivity contribution in [3.05, 3.63) is 17.8 Å². The molecular formula is C17H26N2O4. The van der Waals surface area contributed by atoms with Gasteiger partial charge in [0.1, 0.15) is 5.76 Å². The van der Waals surface area contributed by atoms with Crippen molar-refractivity contribution in [3.8, 4) is 0 Å². The maximum Gasteiger partial charge on any atom is 0.306 e. The number of carboxylic acid groups (broad SMARTS) is 1. The SMILES string of the molecule is CC(C)(C)c1cnc(CCC(=O)NC2CCC(C(=O)O)CC2)o1. The Morgan fingerprint density at radius 2 is 1.96 bits per heavy atom. The molecule has 1 heterocycles. The predicted molar refractivity (Wildman–Crippen MR) is 85.0 cm³/mol. The molecule has 1 aliphatic carbocycles. The van der Waals surface area contributed by atoms with Gasteiger partial charge in [-0.3, -0.25) is 9.59 Å². The van der Waals surface area contributed by atoms with Crippen LogP contribution in [0.3, 0.4) is 0 Å². The summed E-state index contributed by atoms with van der Waals surface area (Å²) >= 11 is 0. The monoisotopic (exact) mass is 322 g/mol. The average Bonchev–Trinajstić information content (AvgIpc) is 2.95. The zero-order valence-electron chi connectivity index (χ0n) is 14.1. The lowest BCUT2D eigenvalue weighted by Gasteiger charge is -2.26. The van der Waals surface area contributed by atoms with E-state index in [0.29, 0.717) is 31.6 Å². The number of amides is 1. The van der Waals surface area contributed by atoms with Gasteiger partial charge in [0.05, 0.1) is 12.1 Å². The van der Waals surface area contributed by atoms with Crippen LogP contribution in [0, 0.1) is 5.92 Å². The van der Waals surface area contributed by atoms with Gasteiger partial charge in [0, 0.05) is 24.3 Å². The normalized spacial score (nSPS) is 21.9. The van der Waals surface area contributed by atoms with Crippen molar-refractivity contribution >= 4 is 11.9 Å². The van der Waals surface area contributed by atoms with Crippen LogP contribution in [-0.4, -0.2) is 28.0 Å². The zero-order chi connectivity index (χ0) is 17.0. The Kier molecular flexibility index (Phi) is 5.44. The molecule has 1 amide bonds. The molecule has 2 rings (SSSR count). The molecule has 2 N–H and O–H groups in total. The van der Waals surface area contributed by atoms with Crippen LogP contribution in [0.25, 0.3) is 0 Å². The largest absolute Gasteiger partial charge is 0.481 e. The minimum Gasteiger partial charge on any atom is -0.481 e. The second kappa shape index (κ2) is 7.15. The van der Waals surface area contributed by atoms with E-state index in [-0.39, 0.29) is 23.3 Å². The molecule has 128 valence electrons. The molecule has 6 nitrogen and oxygen atoms in total. The molecule has 1 aromatic heterocycles. The minimum atomic E-state index is -0.728. The number of oxazole rings is 1. The Balaban J connectivity index is 1.73. The van der Waals surface area contributed by atoms with Crippen molar-refractivity contribution in [1.29, 1.82) is 0 Å². The van der Waals surface area contributed by atoms with E-state index in [1.54, 1.807) is 6.20 Å². The van der Waals surface area contributed by atoms with Gasteiger partial charge in [0.25, 0.3) is 0 Å². The van der Waals surface area contributed by atoms with E-state index in [1.807, 2.05) is 0 Å². The van der Waals surface area contributed by atoms with Crippen LogP contribution >= 0.6 is 0 Å². The topological polar surface area (TPSA) is 92.4 Å². The highest BCUT2D eigenvalue weighted by Gasteiger charge is 2.26. The number of nitrogens with one attached hydrogen (secondary N) is 1. The van der Waals surface area contributed by atoms with E-state index in [4.69, 9.17) is 9.52 Å². The van der Waals surface area contributed by atoms with Gasteiger partial charge < -0.3 is 14.8 Å². The molecule has 0 saturated heterocycles. The molecule has 0 unspecified atom stereocenters. The van der Waals surface area contributed by atoms with Gasteiger partial charge in [-0.2, -0.15) is 0 Å². The van der Waals surface area contributed by atoms with Crippen molar-refractivity contribution in [2.24, 2.45) is 5.92 Å². The van der Waals surface area contributed by atoms with Crippen LogP contribution < -0.4 is 5.32 Å². The van der Waals surface area contributed by atoms with Gasteiger partial charge in [-0.15, -0.1) is 0 Å². The molecule has 1 fully saturated rings. The van der Waals surface area contributed by atoms with Crippen LogP contribution in [0.1, 0.15) is 64.5 Å². The summed E-state index contributed by atoms with van der Waals surface area (Å²) < 4.78 is 5.67. The Morgan fingerprint density at radius 3 is 2.48 bits per heavy atom. The van der Waals surface area contributed by atoms with Gasteiger partial charge in [-0.1, -0.05) is 20.8 Å². The lowest BCUT2D eigenvalue weighted by molar-refractivity contribution is -0.142. The average molecular weight is 322 g/mol. The predicted octanol–water partition coefficient (Wildman–Crippen LogP) is 2.66. The van der Waals surface area contributed by atoms with E-state index in [9.17, 15) is 9.59 Å². The Hall–Kier alpha value is -1.85. The van der Waals surface area contributed by atoms with Crippen LogP contribution in [0.5, 0.6) is 0 Å². The lowest BCUT2D eigenvalue weighted by Crippen LogP contribution is -2.38. The molecule has 0 bridgehead atoms. The summed E-state index contributed by atoms with van der Waals surface area (Å²) in [4.78, 5) is 27.1. The first-order valence-electron chi connectivity index (χ1n) is 8.23. The molecule has 0 spiro atoms. The first-order chi connectivity index (χ1) is 10.8. The number of aliphatic carboxylic acids is 1. The molecule has 0 radical (unpaired) electrons.